The average Bonchev–Trinajstić information content (AvgIpc) is 2.79. The maximum absolute atomic E-state index is 12.4. The molecule has 20 heavy (non-hydrogen) atoms. The SMILES string of the molecule is CCC1CCC(NC(=O)[C@@H]2CCCC[C@@H]2C(=O)O)C1C. The molecular weight excluding hydrogens is 254 g/mol. The van der Waals surface area contributed by atoms with E-state index in [0.717, 1.165) is 32.1 Å². The third-order valence-corrected chi connectivity index (χ3v) is 5.50. The number of rotatable bonds is 4. The van der Waals surface area contributed by atoms with Gasteiger partial charge in [-0.1, -0.05) is 33.1 Å². The van der Waals surface area contributed by atoms with Gasteiger partial charge in [0.1, 0.15) is 0 Å². The highest BCUT2D eigenvalue weighted by Gasteiger charge is 2.38. The first-order valence-electron chi connectivity index (χ1n) is 8.07. The van der Waals surface area contributed by atoms with Gasteiger partial charge in [0.05, 0.1) is 11.8 Å². The zero-order valence-corrected chi connectivity index (χ0v) is 12.6. The van der Waals surface area contributed by atoms with Gasteiger partial charge >= 0.3 is 5.97 Å². The third kappa shape index (κ3) is 3.15. The number of amides is 1. The second kappa shape index (κ2) is 6.59. The summed E-state index contributed by atoms with van der Waals surface area (Å²) < 4.78 is 0. The molecule has 2 aliphatic rings. The smallest absolute Gasteiger partial charge is 0.307 e. The quantitative estimate of drug-likeness (QED) is 0.832. The Bertz CT molecular complexity index is 369. The molecule has 4 heteroatoms. The minimum atomic E-state index is -0.809. The van der Waals surface area contributed by atoms with Crippen LogP contribution in [0, 0.1) is 23.7 Å². The zero-order valence-electron chi connectivity index (χ0n) is 12.6. The van der Waals surface area contributed by atoms with Crippen molar-refractivity contribution < 1.29 is 14.7 Å². The second-order valence-electron chi connectivity index (χ2n) is 6.56. The third-order valence-electron chi connectivity index (χ3n) is 5.50. The average molecular weight is 281 g/mol. The number of nitrogens with one attached hydrogen (secondary N) is 1. The highest BCUT2D eigenvalue weighted by atomic mass is 16.4. The Labute approximate surface area is 121 Å². The second-order valence-corrected chi connectivity index (χ2v) is 6.56. The number of hydrogen-bond donors (Lipinski definition) is 2. The first-order chi connectivity index (χ1) is 9.54. The number of aliphatic carboxylic acids is 1. The molecule has 2 aliphatic carbocycles. The van der Waals surface area contributed by atoms with E-state index in [0.29, 0.717) is 18.3 Å². The number of carboxylic acid groups (broad SMARTS) is 1. The summed E-state index contributed by atoms with van der Waals surface area (Å²) in [5.41, 5.74) is 0. The van der Waals surface area contributed by atoms with E-state index in [2.05, 4.69) is 19.2 Å². The summed E-state index contributed by atoms with van der Waals surface area (Å²) in [4.78, 5) is 23.7. The van der Waals surface area contributed by atoms with Crippen LogP contribution in [0.4, 0.5) is 0 Å². The lowest BCUT2D eigenvalue weighted by Crippen LogP contribution is -2.45. The summed E-state index contributed by atoms with van der Waals surface area (Å²) in [7, 11) is 0. The van der Waals surface area contributed by atoms with Crippen LogP contribution in [0.15, 0.2) is 0 Å². The van der Waals surface area contributed by atoms with Crippen molar-refractivity contribution in [3.63, 3.8) is 0 Å². The van der Waals surface area contributed by atoms with Crippen LogP contribution in [-0.4, -0.2) is 23.0 Å². The highest BCUT2D eigenvalue weighted by molar-refractivity contribution is 5.85. The molecular formula is C16H27NO3. The van der Waals surface area contributed by atoms with Gasteiger partial charge in [-0.05, 0) is 37.5 Å². The molecule has 5 atom stereocenters. The van der Waals surface area contributed by atoms with Gasteiger partial charge < -0.3 is 10.4 Å². The monoisotopic (exact) mass is 281 g/mol. The van der Waals surface area contributed by atoms with Gasteiger partial charge in [0.25, 0.3) is 0 Å². The van der Waals surface area contributed by atoms with Crippen molar-refractivity contribution in [2.75, 3.05) is 0 Å². The zero-order chi connectivity index (χ0) is 14.7. The topological polar surface area (TPSA) is 66.4 Å². The summed E-state index contributed by atoms with van der Waals surface area (Å²) in [5, 5.41) is 12.4. The first kappa shape index (κ1) is 15.3. The van der Waals surface area contributed by atoms with E-state index >= 15 is 0 Å². The Hall–Kier alpha value is -1.06. The molecule has 0 bridgehead atoms. The van der Waals surface area contributed by atoms with Crippen molar-refractivity contribution in [3.05, 3.63) is 0 Å². The van der Waals surface area contributed by atoms with E-state index in [1.54, 1.807) is 0 Å². The van der Waals surface area contributed by atoms with Crippen molar-refractivity contribution in [3.8, 4) is 0 Å². The number of hydrogen-bond acceptors (Lipinski definition) is 2. The molecule has 0 aromatic heterocycles. The van der Waals surface area contributed by atoms with Crippen LogP contribution in [0.5, 0.6) is 0 Å². The molecule has 1 amide bonds. The fraction of sp³-hybridized carbons (Fsp3) is 0.875. The Morgan fingerprint density at radius 3 is 2.30 bits per heavy atom. The fourth-order valence-electron chi connectivity index (χ4n) is 4.06. The molecule has 0 saturated heterocycles. The van der Waals surface area contributed by atoms with E-state index in [1.807, 2.05) is 0 Å². The molecule has 0 spiro atoms. The molecule has 0 aliphatic heterocycles. The predicted octanol–water partition coefficient (Wildman–Crippen LogP) is 2.82. The van der Waals surface area contributed by atoms with Crippen LogP contribution in [0.3, 0.4) is 0 Å². The van der Waals surface area contributed by atoms with Gasteiger partial charge in [0, 0.05) is 6.04 Å². The summed E-state index contributed by atoms with van der Waals surface area (Å²) >= 11 is 0. The van der Waals surface area contributed by atoms with Crippen molar-refractivity contribution in [2.24, 2.45) is 23.7 Å². The van der Waals surface area contributed by atoms with E-state index in [-0.39, 0.29) is 17.9 Å². The standard InChI is InChI=1S/C16H27NO3/c1-3-11-8-9-14(10(11)2)17-15(18)12-6-4-5-7-13(12)16(19)20/h10-14H,3-9H2,1-2H3,(H,17,18)(H,19,20)/t10?,11?,12-,13+,14?/m1/s1. The Morgan fingerprint density at radius 2 is 1.75 bits per heavy atom. The lowest BCUT2D eigenvalue weighted by Gasteiger charge is -2.30. The van der Waals surface area contributed by atoms with Gasteiger partial charge in [-0.3, -0.25) is 9.59 Å². The molecule has 0 aromatic carbocycles. The van der Waals surface area contributed by atoms with Crippen LogP contribution in [0.25, 0.3) is 0 Å². The van der Waals surface area contributed by atoms with Crippen molar-refractivity contribution in [1.82, 2.24) is 5.32 Å². The van der Waals surface area contributed by atoms with Crippen LogP contribution in [-0.2, 0) is 9.59 Å². The first-order valence-corrected chi connectivity index (χ1v) is 8.07. The number of carbonyl (C=O) groups is 2. The summed E-state index contributed by atoms with van der Waals surface area (Å²) in [5.74, 6) is -0.434. The van der Waals surface area contributed by atoms with E-state index in [9.17, 15) is 14.7 Å². The Balaban J connectivity index is 1.95. The molecule has 2 saturated carbocycles. The molecule has 2 N–H and O–H groups in total. The molecule has 0 heterocycles. The van der Waals surface area contributed by atoms with Crippen LogP contribution in [0.1, 0.15) is 58.8 Å². The summed E-state index contributed by atoms with van der Waals surface area (Å²) in [6.45, 7) is 4.41. The van der Waals surface area contributed by atoms with E-state index in [4.69, 9.17) is 0 Å². The Kier molecular flexibility index (Phi) is 5.06. The normalized spacial score (nSPS) is 37.6. The van der Waals surface area contributed by atoms with Crippen LogP contribution >= 0.6 is 0 Å². The molecule has 0 radical (unpaired) electrons. The number of carboxylic acids is 1. The molecule has 3 unspecified atom stereocenters. The minimum Gasteiger partial charge on any atom is -0.481 e. The fourth-order valence-corrected chi connectivity index (χ4v) is 4.06. The molecule has 4 nitrogen and oxygen atoms in total. The maximum Gasteiger partial charge on any atom is 0.307 e. The molecule has 114 valence electrons. The largest absolute Gasteiger partial charge is 0.481 e. The lowest BCUT2D eigenvalue weighted by molar-refractivity contribution is -0.149. The van der Waals surface area contributed by atoms with Gasteiger partial charge in [0.2, 0.25) is 5.91 Å². The summed E-state index contributed by atoms with van der Waals surface area (Å²) in [6, 6.07) is 0.240. The Morgan fingerprint density at radius 1 is 1.10 bits per heavy atom. The van der Waals surface area contributed by atoms with E-state index in [1.165, 1.54) is 6.42 Å². The van der Waals surface area contributed by atoms with Crippen LogP contribution in [0.2, 0.25) is 0 Å². The van der Waals surface area contributed by atoms with Gasteiger partial charge in [-0.15, -0.1) is 0 Å². The van der Waals surface area contributed by atoms with Crippen molar-refractivity contribution >= 4 is 11.9 Å². The predicted molar refractivity (Wildman–Crippen MR) is 77.2 cm³/mol. The number of carbonyl (C=O) groups excluding carboxylic acids is 1. The van der Waals surface area contributed by atoms with Crippen LogP contribution < -0.4 is 5.32 Å². The van der Waals surface area contributed by atoms with Crippen molar-refractivity contribution in [2.45, 2.75) is 64.8 Å². The summed E-state index contributed by atoms with van der Waals surface area (Å²) in [6.07, 6.45) is 6.64. The lowest BCUT2D eigenvalue weighted by atomic mass is 9.78. The minimum absolute atomic E-state index is 0.0225. The van der Waals surface area contributed by atoms with Crippen molar-refractivity contribution in [1.29, 1.82) is 0 Å². The molecule has 2 fully saturated rings. The van der Waals surface area contributed by atoms with E-state index < -0.39 is 11.9 Å². The maximum atomic E-state index is 12.4. The molecule has 0 aromatic rings. The van der Waals surface area contributed by atoms with Gasteiger partial charge in [-0.2, -0.15) is 0 Å². The van der Waals surface area contributed by atoms with Gasteiger partial charge in [0.15, 0.2) is 0 Å². The highest BCUT2D eigenvalue weighted by Crippen LogP contribution is 2.35. The molecule has 2 rings (SSSR count). The van der Waals surface area contributed by atoms with Gasteiger partial charge in [-0.25, -0.2) is 0 Å².